The van der Waals surface area contributed by atoms with Gasteiger partial charge in [-0.15, -0.1) is 0 Å². The van der Waals surface area contributed by atoms with Crippen LogP contribution in [-0.4, -0.2) is 109 Å². The molecule has 7 atom stereocenters. The first-order chi connectivity index (χ1) is 30.5. The van der Waals surface area contributed by atoms with Gasteiger partial charge in [0.05, 0.1) is 5.56 Å². The van der Waals surface area contributed by atoms with E-state index in [9.17, 15) is 59.7 Å². The number of phenols is 7. The van der Waals surface area contributed by atoms with Gasteiger partial charge in [-0.25, -0.2) is 4.79 Å². The Morgan fingerprint density at radius 2 is 1.14 bits per heavy atom. The summed E-state index contributed by atoms with van der Waals surface area (Å²) in [5, 5.41) is 73.7. The highest BCUT2D eigenvalue weighted by molar-refractivity contribution is 5.91. The Morgan fingerprint density at radius 1 is 0.609 bits per heavy atom. The van der Waals surface area contributed by atoms with Gasteiger partial charge in [-0.3, -0.25) is 19.2 Å². The summed E-state index contributed by atoms with van der Waals surface area (Å²) >= 11 is 0. The van der Waals surface area contributed by atoms with Crippen LogP contribution in [0, 0.1) is 0 Å². The van der Waals surface area contributed by atoms with Crippen molar-refractivity contribution in [2.24, 2.45) is 0 Å². The van der Waals surface area contributed by atoms with Crippen molar-refractivity contribution in [2.75, 3.05) is 6.61 Å². The highest BCUT2D eigenvalue weighted by Crippen LogP contribution is 2.46. The van der Waals surface area contributed by atoms with Crippen molar-refractivity contribution >= 4 is 29.8 Å². The first-order valence-electron chi connectivity index (χ1n) is 20.8. The van der Waals surface area contributed by atoms with Gasteiger partial charge >= 0.3 is 29.8 Å². The van der Waals surface area contributed by atoms with Crippen LogP contribution >= 0.6 is 0 Å². The number of aromatic hydroxyl groups is 7. The zero-order valence-electron chi connectivity index (χ0n) is 35.5. The topological polar surface area (TPSA) is 301 Å². The van der Waals surface area contributed by atoms with Crippen molar-refractivity contribution in [3.8, 4) is 51.7 Å². The number of fused-ring (bicyclic) bond motifs is 1. The Bertz CT molecular complexity index is 2140. The smallest absolute Gasteiger partial charge is 0.338 e. The number of hydrogen-bond donors (Lipinski definition) is 7. The number of hydrogen-bond acceptors (Lipinski definition) is 20. The third-order valence-corrected chi connectivity index (χ3v) is 9.98. The minimum atomic E-state index is -1.86. The zero-order valence-corrected chi connectivity index (χ0v) is 35.5. The minimum absolute atomic E-state index is 0.00493. The van der Waals surface area contributed by atoms with Gasteiger partial charge in [0.2, 0.25) is 18.1 Å². The van der Waals surface area contributed by atoms with Crippen LogP contribution in [0.1, 0.15) is 107 Å². The molecule has 5 rings (SSSR count). The summed E-state index contributed by atoms with van der Waals surface area (Å²) < 4.78 is 46.5. The highest BCUT2D eigenvalue weighted by atomic mass is 16.7. The zero-order chi connectivity index (χ0) is 46.8. The van der Waals surface area contributed by atoms with Gasteiger partial charge in [-0.2, -0.15) is 0 Å². The van der Waals surface area contributed by atoms with E-state index in [1.165, 1.54) is 6.07 Å². The van der Waals surface area contributed by atoms with Gasteiger partial charge < -0.3 is 73.6 Å². The van der Waals surface area contributed by atoms with Crippen molar-refractivity contribution < 1.29 is 97.6 Å². The molecule has 1 saturated heterocycles. The van der Waals surface area contributed by atoms with Crippen LogP contribution in [0.15, 0.2) is 36.4 Å². The summed E-state index contributed by atoms with van der Waals surface area (Å²) in [6, 6.07) is 5.96. The fourth-order valence-electron chi connectivity index (χ4n) is 6.99. The maximum absolute atomic E-state index is 13.8. The van der Waals surface area contributed by atoms with E-state index in [-0.39, 0.29) is 54.7 Å². The predicted molar refractivity (Wildman–Crippen MR) is 217 cm³/mol. The Labute approximate surface area is 366 Å². The van der Waals surface area contributed by atoms with Crippen molar-refractivity contribution in [1.29, 1.82) is 0 Å². The molecular formula is C44H52O20. The lowest BCUT2D eigenvalue weighted by Gasteiger charge is -2.44. The number of rotatable bonds is 18. The Hall–Kier alpha value is -6.83. The Balaban J connectivity index is 1.50. The average Bonchev–Trinajstić information content (AvgIpc) is 3.22. The van der Waals surface area contributed by atoms with Crippen LogP contribution < -0.4 is 9.47 Å². The van der Waals surface area contributed by atoms with Crippen LogP contribution in [0.4, 0.5) is 0 Å². The van der Waals surface area contributed by atoms with E-state index in [4.69, 9.17) is 37.9 Å². The number of ether oxygens (including phenoxy) is 8. The van der Waals surface area contributed by atoms with E-state index in [0.29, 0.717) is 25.7 Å². The van der Waals surface area contributed by atoms with E-state index in [1.54, 1.807) is 27.7 Å². The molecule has 3 aromatic carbocycles. The SMILES string of the molecule is CCCC(=O)OC[C@H]1O[C@@H](Oc2c(O)cc(C(=O)O[C@@H]3Cc4c(O)cc(O)cc4O[C@@H]3c3cc(O)c(O)c(O)c3)cc2O)[C@H](OC(=O)CCC)[C@@H](OC(=O)CCC)[C@H]1OC(=O)CCC. The molecule has 0 unspecified atom stereocenters. The normalized spacial score (nSPS) is 21.3. The summed E-state index contributed by atoms with van der Waals surface area (Å²) in [6.45, 7) is 6.31. The molecule has 20 nitrogen and oxygen atoms in total. The largest absolute Gasteiger partial charge is 0.508 e. The summed E-state index contributed by atoms with van der Waals surface area (Å²) in [6.07, 6.45) is -9.92. The van der Waals surface area contributed by atoms with Gasteiger partial charge in [0.25, 0.3) is 0 Å². The number of benzene rings is 3. The molecule has 3 aromatic rings. The third kappa shape index (κ3) is 11.6. The molecular weight excluding hydrogens is 848 g/mol. The maximum atomic E-state index is 13.8. The van der Waals surface area contributed by atoms with Gasteiger partial charge in [0.15, 0.2) is 47.1 Å². The molecule has 2 heterocycles. The first-order valence-corrected chi connectivity index (χ1v) is 20.8. The molecule has 0 amide bonds. The van der Waals surface area contributed by atoms with Crippen LogP contribution in [0.5, 0.6) is 51.7 Å². The second kappa shape index (κ2) is 21.5. The summed E-state index contributed by atoms with van der Waals surface area (Å²) in [5.41, 5.74) is -0.368. The van der Waals surface area contributed by atoms with Crippen LogP contribution in [0.3, 0.4) is 0 Å². The molecule has 0 saturated carbocycles. The predicted octanol–water partition coefficient (Wildman–Crippen LogP) is 5.11. The molecule has 0 bridgehead atoms. The van der Waals surface area contributed by atoms with Gasteiger partial charge in [-0.05, 0) is 49.9 Å². The quantitative estimate of drug-likeness (QED) is 0.0495. The van der Waals surface area contributed by atoms with Crippen LogP contribution in [0.25, 0.3) is 0 Å². The molecule has 7 N–H and O–H groups in total. The van der Waals surface area contributed by atoms with Crippen molar-refractivity contribution in [3.05, 3.63) is 53.1 Å². The fourth-order valence-corrected chi connectivity index (χ4v) is 6.99. The van der Waals surface area contributed by atoms with Crippen LogP contribution in [0.2, 0.25) is 0 Å². The molecule has 0 spiro atoms. The number of phenolic OH excluding ortho intramolecular Hbond substituents is 7. The Morgan fingerprint density at radius 3 is 1.70 bits per heavy atom. The van der Waals surface area contributed by atoms with E-state index in [2.05, 4.69) is 0 Å². The highest BCUT2D eigenvalue weighted by Gasteiger charge is 2.54. The fraction of sp³-hybridized carbons (Fsp3) is 0.477. The summed E-state index contributed by atoms with van der Waals surface area (Å²) in [5.74, 6) is -9.80. The standard InChI is InChI=1S/C44H52O20/c1-5-9-33(51)57-20-32-40(61-34(52)10-6-2)41(62-35(53)11-7-3)42(63-36(54)12-8-4)44(60-32)64-39-28(49)15-22(16-29(39)50)43(56)59-31-19-24-25(46)17-23(45)18-30(24)58-38(31)21-13-26(47)37(55)27(48)14-21/h13-18,31-32,38,40-42,44-50,55H,5-12,19-20H2,1-4H3/t31-,32-,38-,40+,41+,42-,44+/m1/s1. The number of esters is 5. The lowest BCUT2D eigenvalue weighted by molar-refractivity contribution is -0.290. The van der Waals surface area contributed by atoms with E-state index in [0.717, 1.165) is 30.3 Å². The molecule has 1 fully saturated rings. The molecule has 0 aromatic heterocycles. The molecule has 0 radical (unpaired) electrons. The average molecular weight is 901 g/mol. The van der Waals surface area contributed by atoms with Gasteiger partial charge in [0.1, 0.15) is 36.1 Å². The van der Waals surface area contributed by atoms with E-state index in [1.807, 2.05) is 0 Å². The molecule has 2 aliphatic heterocycles. The number of carbonyl (C=O) groups is 5. The molecule has 0 aliphatic carbocycles. The third-order valence-electron chi connectivity index (χ3n) is 9.98. The van der Waals surface area contributed by atoms with Gasteiger partial charge in [-0.1, -0.05) is 27.7 Å². The summed E-state index contributed by atoms with van der Waals surface area (Å²) in [4.78, 5) is 65.4. The lowest BCUT2D eigenvalue weighted by atomic mass is 9.93. The number of carbonyl (C=O) groups excluding carboxylic acids is 5. The van der Waals surface area contributed by atoms with Crippen molar-refractivity contribution in [3.63, 3.8) is 0 Å². The monoisotopic (exact) mass is 900 g/mol. The van der Waals surface area contributed by atoms with Crippen molar-refractivity contribution in [1.82, 2.24) is 0 Å². The lowest BCUT2D eigenvalue weighted by Crippen LogP contribution is -2.63. The summed E-state index contributed by atoms with van der Waals surface area (Å²) in [7, 11) is 0. The second-order valence-electron chi connectivity index (χ2n) is 15.1. The van der Waals surface area contributed by atoms with E-state index >= 15 is 0 Å². The second-order valence-corrected chi connectivity index (χ2v) is 15.1. The van der Waals surface area contributed by atoms with Crippen LogP contribution in [-0.2, 0) is 54.0 Å². The van der Waals surface area contributed by atoms with Crippen molar-refractivity contribution in [2.45, 2.75) is 128 Å². The Kier molecular flexibility index (Phi) is 16.2. The minimum Gasteiger partial charge on any atom is -0.508 e. The molecule has 2 aliphatic rings. The first kappa shape index (κ1) is 48.2. The molecule has 64 heavy (non-hydrogen) atoms. The maximum Gasteiger partial charge on any atom is 0.338 e. The molecule has 20 heteroatoms. The van der Waals surface area contributed by atoms with E-state index < -0.39 is 125 Å². The van der Waals surface area contributed by atoms with Gasteiger partial charge in [0, 0.05) is 55.4 Å². The molecule has 348 valence electrons.